The Bertz CT molecular complexity index is 683. The summed E-state index contributed by atoms with van der Waals surface area (Å²) in [6.45, 7) is 1.32. The largest absolute Gasteiger partial charge is 0.497 e. The van der Waals surface area contributed by atoms with Crippen LogP contribution in [0.2, 0.25) is 0 Å². The lowest BCUT2D eigenvalue weighted by Gasteiger charge is -2.32. The van der Waals surface area contributed by atoms with Crippen molar-refractivity contribution < 1.29 is 17.9 Å². The van der Waals surface area contributed by atoms with Crippen molar-refractivity contribution in [2.45, 2.75) is 19.3 Å². The summed E-state index contributed by atoms with van der Waals surface area (Å²) >= 11 is 0. The van der Waals surface area contributed by atoms with Gasteiger partial charge in [-0.15, -0.1) is 0 Å². The standard InChI is InChI=1S/C17H27N3O4S/c1-19(2)25(22,23)20-11-8-15(9-12-20)17(21)18-10-7-14-5-4-6-16(13-14)24-3/h4-6,13,15H,7-12H2,1-3H3,(H,18,21). The molecule has 0 bridgehead atoms. The molecule has 8 heteroatoms. The molecule has 0 radical (unpaired) electrons. The van der Waals surface area contributed by atoms with Gasteiger partial charge in [0.05, 0.1) is 7.11 Å². The van der Waals surface area contributed by atoms with Gasteiger partial charge in [-0.1, -0.05) is 12.1 Å². The molecule has 1 heterocycles. The van der Waals surface area contributed by atoms with Crippen molar-refractivity contribution >= 4 is 16.1 Å². The number of nitrogens with zero attached hydrogens (tertiary/aromatic N) is 2. The predicted molar refractivity (Wildman–Crippen MR) is 96.6 cm³/mol. The van der Waals surface area contributed by atoms with Gasteiger partial charge < -0.3 is 10.1 Å². The van der Waals surface area contributed by atoms with Crippen LogP contribution in [0.3, 0.4) is 0 Å². The fraction of sp³-hybridized carbons (Fsp3) is 0.588. The summed E-state index contributed by atoms with van der Waals surface area (Å²) in [4.78, 5) is 12.3. The molecule has 1 amide bonds. The molecular weight excluding hydrogens is 342 g/mol. The lowest BCUT2D eigenvalue weighted by atomic mass is 9.97. The van der Waals surface area contributed by atoms with Crippen molar-refractivity contribution in [3.05, 3.63) is 29.8 Å². The maximum Gasteiger partial charge on any atom is 0.281 e. The van der Waals surface area contributed by atoms with Gasteiger partial charge >= 0.3 is 0 Å². The molecule has 0 unspecified atom stereocenters. The van der Waals surface area contributed by atoms with E-state index in [0.717, 1.165) is 17.7 Å². The number of methoxy groups -OCH3 is 1. The summed E-state index contributed by atoms with van der Waals surface area (Å²) in [5.41, 5.74) is 1.10. The first kappa shape index (κ1) is 19.7. The normalized spacial score (nSPS) is 16.8. The minimum atomic E-state index is -3.39. The second-order valence-corrected chi connectivity index (χ2v) is 8.50. The van der Waals surface area contributed by atoms with Crippen molar-refractivity contribution in [2.75, 3.05) is 40.8 Å². The molecule has 1 fully saturated rings. The van der Waals surface area contributed by atoms with E-state index in [0.29, 0.717) is 32.5 Å². The quantitative estimate of drug-likeness (QED) is 0.774. The molecule has 25 heavy (non-hydrogen) atoms. The highest BCUT2D eigenvalue weighted by Gasteiger charge is 2.31. The number of rotatable bonds is 7. The van der Waals surface area contributed by atoms with Crippen molar-refractivity contribution in [3.63, 3.8) is 0 Å². The van der Waals surface area contributed by atoms with E-state index in [1.54, 1.807) is 7.11 Å². The Balaban J connectivity index is 1.77. The van der Waals surface area contributed by atoms with Crippen molar-refractivity contribution in [3.8, 4) is 5.75 Å². The van der Waals surface area contributed by atoms with E-state index in [9.17, 15) is 13.2 Å². The van der Waals surface area contributed by atoms with E-state index in [-0.39, 0.29) is 11.8 Å². The average molecular weight is 369 g/mol. The zero-order chi connectivity index (χ0) is 18.4. The highest BCUT2D eigenvalue weighted by molar-refractivity contribution is 7.86. The predicted octanol–water partition coefficient (Wildman–Crippen LogP) is 0.872. The summed E-state index contributed by atoms with van der Waals surface area (Å²) < 4.78 is 32.0. The summed E-state index contributed by atoms with van der Waals surface area (Å²) in [7, 11) is 1.28. The van der Waals surface area contributed by atoms with Gasteiger partial charge in [-0.3, -0.25) is 4.79 Å². The van der Waals surface area contributed by atoms with Crippen LogP contribution in [0.5, 0.6) is 5.75 Å². The molecule has 1 aromatic carbocycles. The number of hydrogen-bond donors (Lipinski definition) is 1. The molecule has 0 aromatic heterocycles. The molecule has 0 atom stereocenters. The maximum absolute atomic E-state index is 12.3. The van der Waals surface area contributed by atoms with E-state index in [1.807, 2.05) is 24.3 Å². The smallest absolute Gasteiger partial charge is 0.281 e. The van der Waals surface area contributed by atoms with E-state index in [1.165, 1.54) is 22.7 Å². The Morgan fingerprint density at radius 1 is 1.32 bits per heavy atom. The zero-order valence-corrected chi connectivity index (χ0v) is 15.9. The molecule has 1 aromatic rings. The van der Waals surface area contributed by atoms with Crippen molar-refractivity contribution in [1.29, 1.82) is 0 Å². The minimum absolute atomic E-state index is 0.00444. The van der Waals surface area contributed by atoms with Crippen LogP contribution in [0.4, 0.5) is 0 Å². The Morgan fingerprint density at radius 3 is 2.60 bits per heavy atom. The summed E-state index contributed by atoms with van der Waals surface area (Å²) in [5.74, 6) is 0.682. The third kappa shape index (κ3) is 5.17. The Morgan fingerprint density at radius 2 is 2.00 bits per heavy atom. The van der Waals surface area contributed by atoms with E-state index >= 15 is 0 Å². The number of hydrogen-bond acceptors (Lipinski definition) is 4. The molecule has 1 aliphatic rings. The Kier molecular flexibility index (Phi) is 6.80. The van der Waals surface area contributed by atoms with E-state index in [4.69, 9.17) is 4.74 Å². The van der Waals surface area contributed by atoms with Gasteiger partial charge in [0.1, 0.15) is 5.75 Å². The van der Waals surface area contributed by atoms with Crippen molar-refractivity contribution in [1.82, 2.24) is 13.9 Å². The first-order chi connectivity index (χ1) is 11.8. The fourth-order valence-corrected chi connectivity index (χ4v) is 4.02. The highest BCUT2D eigenvalue weighted by atomic mass is 32.2. The summed E-state index contributed by atoms with van der Waals surface area (Å²) in [6, 6.07) is 7.77. The van der Waals surface area contributed by atoms with Gasteiger partial charge in [-0.05, 0) is 37.0 Å². The fourth-order valence-electron chi connectivity index (χ4n) is 2.88. The minimum Gasteiger partial charge on any atom is -0.497 e. The third-order valence-corrected chi connectivity index (χ3v) is 6.40. The number of benzene rings is 1. The van der Waals surface area contributed by atoms with Gasteiger partial charge in [0.15, 0.2) is 0 Å². The monoisotopic (exact) mass is 369 g/mol. The lowest BCUT2D eigenvalue weighted by Crippen LogP contribution is -2.47. The number of piperidine rings is 1. The van der Waals surface area contributed by atoms with Crippen LogP contribution in [0.25, 0.3) is 0 Å². The number of carbonyl (C=O) groups is 1. The number of nitrogens with one attached hydrogen (secondary N) is 1. The van der Waals surface area contributed by atoms with Crippen LogP contribution in [-0.2, 0) is 21.4 Å². The molecule has 1 saturated heterocycles. The molecule has 1 N–H and O–H groups in total. The van der Waals surface area contributed by atoms with Crippen LogP contribution < -0.4 is 10.1 Å². The SMILES string of the molecule is COc1cccc(CCNC(=O)C2CCN(S(=O)(=O)N(C)C)CC2)c1. The first-order valence-electron chi connectivity index (χ1n) is 8.43. The van der Waals surface area contributed by atoms with Gasteiger partial charge in [0, 0.05) is 39.6 Å². The second kappa shape index (κ2) is 8.64. The van der Waals surface area contributed by atoms with Gasteiger partial charge in [-0.25, -0.2) is 0 Å². The average Bonchev–Trinajstić information content (AvgIpc) is 2.61. The van der Waals surface area contributed by atoms with Gasteiger partial charge in [0.2, 0.25) is 5.91 Å². The van der Waals surface area contributed by atoms with Crippen LogP contribution in [0, 0.1) is 5.92 Å². The van der Waals surface area contributed by atoms with Gasteiger partial charge in [0.25, 0.3) is 10.2 Å². The molecule has 2 rings (SSSR count). The first-order valence-corrected chi connectivity index (χ1v) is 9.82. The van der Waals surface area contributed by atoms with Gasteiger partial charge in [-0.2, -0.15) is 17.0 Å². The molecule has 140 valence electrons. The van der Waals surface area contributed by atoms with Crippen LogP contribution >= 0.6 is 0 Å². The molecule has 0 aliphatic carbocycles. The van der Waals surface area contributed by atoms with E-state index < -0.39 is 10.2 Å². The summed E-state index contributed by atoms with van der Waals surface area (Å²) in [5, 5.41) is 2.96. The summed E-state index contributed by atoms with van der Waals surface area (Å²) in [6.07, 6.45) is 1.84. The molecule has 0 saturated carbocycles. The number of carbonyl (C=O) groups excluding carboxylic acids is 1. The van der Waals surface area contributed by atoms with E-state index in [2.05, 4.69) is 5.32 Å². The Labute approximate surface area is 150 Å². The lowest BCUT2D eigenvalue weighted by molar-refractivity contribution is -0.126. The van der Waals surface area contributed by atoms with Crippen molar-refractivity contribution in [2.24, 2.45) is 5.92 Å². The second-order valence-electron chi connectivity index (χ2n) is 6.36. The number of ether oxygens (including phenoxy) is 1. The highest BCUT2D eigenvalue weighted by Crippen LogP contribution is 2.20. The molecular formula is C17H27N3O4S. The van der Waals surface area contributed by atoms with Crippen LogP contribution in [0.15, 0.2) is 24.3 Å². The maximum atomic E-state index is 12.3. The zero-order valence-electron chi connectivity index (χ0n) is 15.1. The van der Waals surface area contributed by atoms with Crippen LogP contribution in [0.1, 0.15) is 18.4 Å². The molecule has 7 nitrogen and oxygen atoms in total. The molecule has 1 aliphatic heterocycles. The topological polar surface area (TPSA) is 79.0 Å². The van der Waals surface area contributed by atoms with Crippen LogP contribution in [-0.4, -0.2) is 63.8 Å². The third-order valence-electron chi connectivity index (χ3n) is 4.46. The molecule has 0 spiro atoms. The Hall–Kier alpha value is -1.64. The number of amides is 1.